The number of nitrogens with two attached hydrogens (primary N) is 1. The van der Waals surface area contributed by atoms with Gasteiger partial charge in [-0.25, -0.2) is 4.79 Å². The second kappa shape index (κ2) is 6.58. The summed E-state index contributed by atoms with van der Waals surface area (Å²) in [5.74, 6) is -0.314. The number of benzene rings is 1. The Bertz CT molecular complexity index is 449. The minimum absolute atomic E-state index is 0.0414. The van der Waals surface area contributed by atoms with Crippen molar-refractivity contribution in [1.29, 1.82) is 0 Å². The van der Waals surface area contributed by atoms with Crippen LogP contribution in [-0.4, -0.2) is 18.0 Å². The standard InChI is InChI=1S/C12H16IN3O2/c1-7(2)10(16-12(14)18)11(17)15-9-5-3-4-8(13)6-9/h3-7,10H,1-2H3,(H,15,17)(H3,14,16,18)/t10-/m0/s1. The van der Waals surface area contributed by atoms with Crippen LogP contribution >= 0.6 is 22.6 Å². The zero-order valence-corrected chi connectivity index (χ0v) is 12.4. The molecule has 0 radical (unpaired) electrons. The molecule has 6 heteroatoms. The van der Waals surface area contributed by atoms with Gasteiger partial charge < -0.3 is 16.4 Å². The number of anilines is 1. The first-order chi connectivity index (χ1) is 8.40. The first-order valence-electron chi connectivity index (χ1n) is 5.52. The molecule has 0 heterocycles. The van der Waals surface area contributed by atoms with E-state index in [1.54, 1.807) is 6.07 Å². The molecule has 1 aromatic rings. The second-order valence-electron chi connectivity index (χ2n) is 4.23. The van der Waals surface area contributed by atoms with Gasteiger partial charge in [-0.2, -0.15) is 0 Å². The van der Waals surface area contributed by atoms with Crippen molar-refractivity contribution in [3.63, 3.8) is 0 Å². The van der Waals surface area contributed by atoms with Gasteiger partial charge in [0.15, 0.2) is 0 Å². The van der Waals surface area contributed by atoms with Crippen LogP contribution in [0.2, 0.25) is 0 Å². The molecule has 1 aromatic carbocycles. The SMILES string of the molecule is CC(C)[C@H](NC(N)=O)C(=O)Nc1cccc(I)c1. The van der Waals surface area contributed by atoms with Gasteiger partial charge in [0.2, 0.25) is 5.91 Å². The van der Waals surface area contributed by atoms with E-state index in [9.17, 15) is 9.59 Å². The van der Waals surface area contributed by atoms with Crippen LogP contribution in [0.25, 0.3) is 0 Å². The highest BCUT2D eigenvalue weighted by atomic mass is 127. The Morgan fingerprint density at radius 1 is 1.33 bits per heavy atom. The van der Waals surface area contributed by atoms with Crippen molar-refractivity contribution in [2.75, 3.05) is 5.32 Å². The van der Waals surface area contributed by atoms with Gasteiger partial charge in [0.1, 0.15) is 6.04 Å². The maximum atomic E-state index is 12.0. The molecule has 0 unspecified atom stereocenters. The van der Waals surface area contributed by atoms with Crippen molar-refractivity contribution >= 4 is 40.2 Å². The van der Waals surface area contributed by atoms with Gasteiger partial charge in [0.25, 0.3) is 0 Å². The van der Waals surface area contributed by atoms with E-state index >= 15 is 0 Å². The van der Waals surface area contributed by atoms with Gasteiger partial charge in [-0.1, -0.05) is 19.9 Å². The molecule has 18 heavy (non-hydrogen) atoms. The lowest BCUT2D eigenvalue weighted by Gasteiger charge is -2.20. The summed E-state index contributed by atoms with van der Waals surface area (Å²) < 4.78 is 1.02. The van der Waals surface area contributed by atoms with E-state index in [0.29, 0.717) is 5.69 Å². The molecular formula is C12H16IN3O2. The van der Waals surface area contributed by atoms with Crippen molar-refractivity contribution < 1.29 is 9.59 Å². The van der Waals surface area contributed by atoms with Crippen molar-refractivity contribution in [3.8, 4) is 0 Å². The Balaban J connectivity index is 2.75. The highest BCUT2D eigenvalue weighted by molar-refractivity contribution is 14.1. The maximum Gasteiger partial charge on any atom is 0.312 e. The Hall–Kier alpha value is -1.31. The maximum absolute atomic E-state index is 12.0. The third-order valence-electron chi connectivity index (χ3n) is 2.34. The van der Waals surface area contributed by atoms with Gasteiger partial charge >= 0.3 is 6.03 Å². The zero-order valence-electron chi connectivity index (χ0n) is 10.2. The summed E-state index contributed by atoms with van der Waals surface area (Å²) in [6.07, 6.45) is 0. The molecule has 0 saturated heterocycles. The summed E-state index contributed by atoms with van der Waals surface area (Å²) in [5, 5.41) is 5.19. The fraction of sp³-hybridized carbons (Fsp3) is 0.333. The van der Waals surface area contributed by atoms with Gasteiger partial charge in [0, 0.05) is 9.26 Å². The summed E-state index contributed by atoms with van der Waals surface area (Å²) in [4.78, 5) is 22.9. The number of urea groups is 1. The highest BCUT2D eigenvalue weighted by Gasteiger charge is 2.23. The largest absolute Gasteiger partial charge is 0.352 e. The van der Waals surface area contributed by atoms with E-state index in [1.807, 2.05) is 32.0 Å². The normalized spacial score (nSPS) is 12.0. The van der Waals surface area contributed by atoms with Crippen molar-refractivity contribution in [1.82, 2.24) is 5.32 Å². The molecule has 3 amide bonds. The highest BCUT2D eigenvalue weighted by Crippen LogP contribution is 2.13. The fourth-order valence-electron chi connectivity index (χ4n) is 1.47. The van der Waals surface area contributed by atoms with E-state index in [2.05, 4.69) is 33.2 Å². The van der Waals surface area contributed by atoms with Crippen LogP contribution < -0.4 is 16.4 Å². The summed E-state index contributed by atoms with van der Waals surface area (Å²) in [5.41, 5.74) is 5.75. The lowest BCUT2D eigenvalue weighted by Crippen LogP contribution is -2.49. The molecule has 4 N–H and O–H groups in total. The predicted molar refractivity (Wildman–Crippen MR) is 79.1 cm³/mol. The minimum atomic E-state index is -0.702. The van der Waals surface area contributed by atoms with E-state index in [1.165, 1.54) is 0 Å². The van der Waals surface area contributed by atoms with Crippen LogP contribution in [0.15, 0.2) is 24.3 Å². The molecule has 5 nitrogen and oxygen atoms in total. The number of nitrogens with one attached hydrogen (secondary N) is 2. The Morgan fingerprint density at radius 3 is 2.50 bits per heavy atom. The first kappa shape index (κ1) is 14.7. The number of halogens is 1. The quantitative estimate of drug-likeness (QED) is 0.716. The summed E-state index contributed by atoms with van der Waals surface area (Å²) >= 11 is 2.16. The van der Waals surface area contributed by atoms with E-state index < -0.39 is 12.1 Å². The van der Waals surface area contributed by atoms with Gasteiger partial charge in [-0.05, 0) is 46.7 Å². The number of amides is 3. The number of rotatable bonds is 4. The van der Waals surface area contributed by atoms with E-state index in [4.69, 9.17) is 5.73 Å². The van der Waals surface area contributed by atoms with Gasteiger partial charge in [0.05, 0.1) is 0 Å². The molecule has 0 aliphatic carbocycles. The molecule has 98 valence electrons. The summed E-state index contributed by atoms with van der Waals surface area (Å²) in [6.45, 7) is 3.68. The molecule has 0 aromatic heterocycles. The molecule has 0 saturated carbocycles. The molecular weight excluding hydrogens is 345 g/mol. The van der Waals surface area contributed by atoms with Crippen LogP contribution in [-0.2, 0) is 4.79 Å². The molecule has 1 atom stereocenters. The van der Waals surface area contributed by atoms with E-state index in [0.717, 1.165) is 3.57 Å². The second-order valence-corrected chi connectivity index (χ2v) is 5.48. The van der Waals surface area contributed by atoms with Gasteiger partial charge in [-0.15, -0.1) is 0 Å². The number of hydrogen-bond donors (Lipinski definition) is 3. The monoisotopic (exact) mass is 361 g/mol. The molecule has 0 fully saturated rings. The third kappa shape index (κ3) is 4.52. The number of primary amides is 1. The molecule has 0 aliphatic rings. The average molecular weight is 361 g/mol. The van der Waals surface area contributed by atoms with Crippen LogP contribution in [0.3, 0.4) is 0 Å². The summed E-state index contributed by atoms with van der Waals surface area (Å²) in [7, 11) is 0. The van der Waals surface area contributed by atoms with E-state index in [-0.39, 0.29) is 11.8 Å². The Morgan fingerprint density at radius 2 is 2.00 bits per heavy atom. The van der Waals surface area contributed by atoms with Crippen LogP contribution in [0, 0.1) is 9.49 Å². The van der Waals surface area contributed by atoms with Crippen molar-refractivity contribution in [2.24, 2.45) is 11.7 Å². The lowest BCUT2D eigenvalue weighted by atomic mass is 10.0. The number of carbonyl (C=O) groups is 2. The van der Waals surface area contributed by atoms with Crippen LogP contribution in [0.5, 0.6) is 0 Å². The third-order valence-corrected chi connectivity index (χ3v) is 3.01. The number of hydrogen-bond acceptors (Lipinski definition) is 2. The van der Waals surface area contributed by atoms with Crippen LogP contribution in [0.4, 0.5) is 10.5 Å². The van der Waals surface area contributed by atoms with Crippen molar-refractivity contribution in [3.05, 3.63) is 27.8 Å². The summed E-state index contributed by atoms with van der Waals surface area (Å²) in [6, 6.07) is 6.08. The Kier molecular flexibility index (Phi) is 5.39. The molecule has 0 bridgehead atoms. The van der Waals surface area contributed by atoms with Crippen molar-refractivity contribution in [2.45, 2.75) is 19.9 Å². The molecule has 1 rings (SSSR count). The topological polar surface area (TPSA) is 84.2 Å². The zero-order chi connectivity index (χ0) is 13.7. The smallest absolute Gasteiger partial charge is 0.312 e. The first-order valence-corrected chi connectivity index (χ1v) is 6.60. The predicted octanol–water partition coefficient (Wildman–Crippen LogP) is 1.92. The fourth-order valence-corrected chi connectivity index (χ4v) is 2.02. The molecule has 0 spiro atoms. The lowest BCUT2D eigenvalue weighted by molar-refractivity contribution is -0.118. The molecule has 0 aliphatic heterocycles. The van der Waals surface area contributed by atoms with Gasteiger partial charge in [-0.3, -0.25) is 4.79 Å². The minimum Gasteiger partial charge on any atom is -0.352 e. The Labute approximate surface area is 120 Å². The number of carbonyl (C=O) groups excluding carboxylic acids is 2. The average Bonchev–Trinajstić information content (AvgIpc) is 2.25. The van der Waals surface area contributed by atoms with Crippen LogP contribution in [0.1, 0.15) is 13.8 Å².